The summed E-state index contributed by atoms with van der Waals surface area (Å²) in [5.74, 6) is 0. The topological polar surface area (TPSA) is 0 Å². The Hall–Kier alpha value is 0.437. The van der Waals surface area contributed by atoms with Crippen LogP contribution in [0, 0.1) is 0 Å². The van der Waals surface area contributed by atoms with E-state index in [2.05, 4.69) is 48.6 Å². The van der Waals surface area contributed by atoms with Gasteiger partial charge in [0, 0.05) is 5.33 Å². The minimum Gasteiger partial charge on any atom is -0.0915 e. The first-order valence-electron chi connectivity index (χ1n) is 3.24. The highest BCUT2D eigenvalue weighted by molar-refractivity contribution is 9.09. The molecule has 0 atom stereocenters. The number of rotatable bonds is 2. The first-order valence-corrected chi connectivity index (χ1v) is 7.86. The average Bonchev–Trinajstić information content (AvgIpc) is 1.65. The average molecular weight is 207 g/mol. The van der Waals surface area contributed by atoms with Crippen molar-refractivity contribution in [3.63, 3.8) is 0 Å². The highest BCUT2D eigenvalue weighted by Crippen LogP contribution is 2.15. The van der Waals surface area contributed by atoms with Crippen molar-refractivity contribution in [3.05, 3.63) is 11.3 Å². The van der Waals surface area contributed by atoms with Gasteiger partial charge < -0.3 is 0 Å². The molecule has 9 heavy (non-hydrogen) atoms. The molecule has 0 amide bonds. The minimum absolute atomic E-state index is 0.972. The van der Waals surface area contributed by atoms with Crippen LogP contribution in [0.1, 0.15) is 6.92 Å². The number of hydrogen-bond donors (Lipinski definition) is 0. The van der Waals surface area contributed by atoms with Crippen LogP contribution in [0.2, 0.25) is 19.6 Å². The SMILES string of the molecule is C/C=C(/CBr)[Si](C)(C)C. The Morgan fingerprint density at radius 2 is 1.89 bits per heavy atom. The van der Waals surface area contributed by atoms with Crippen molar-refractivity contribution in [2.75, 3.05) is 5.33 Å². The van der Waals surface area contributed by atoms with Gasteiger partial charge in [-0.1, -0.05) is 46.8 Å². The lowest BCUT2D eigenvalue weighted by Crippen LogP contribution is -2.24. The molecule has 0 saturated heterocycles. The maximum Gasteiger partial charge on any atom is 0.0731 e. The molecule has 2 heteroatoms. The molecule has 0 fully saturated rings. The van der Waals surface area contributed by atoms with Crippen LogP contribution in [0.4, 0.5) is 0 Å². The summed E-state index contributed by atoms with van der Waals surface area (Å²) in [6.45, 7) is 9.21. The smallest absolute Gasteiger partial charge is 0.0731 e. The van der Waals surface area contributed by atoms with Crippen LogP contribution in [0.5, 0.6) is 0 Å². The van der Waals surface area contributed by atoms with Crippen molar-refractivity contribution >= 4 is 24.0 Å². The molecule has 0 aliphatic heterocycles. The zero-order valence-electron chi connectivity index (χ0n) is 6.66. The first kappa shape index (κ1) is 9.44. The summed E-state index contributed by atoms with van der Waals surface area (Å²) < 4.78 is 0. The normalized spacial score (nSPS) is 14.1. The second-order valence-corrected chi connectivity index (χ2v) is 8.90. The summed E-state index contributed by atoms with van der Waals surface area (Å²) in [7, 11) is -0.972. The molecule has 0 unspecified atom stereocenters. The highest BCUT2D eigenvalue weighted by atomic mass is 79.9. The molecule has 0 radical (unpaired) electrons. The number of allylic oxidation sites excluding steroid dienone is 2. The summed E-state index contributed by atoms with van der Waals surface area (Å²) in [6.07, 6.45) is 2.24. The molecule has 0 saturated carbocycles. The van der Waals surface area contributed by atoms with E-state index in [0.717, 1.165) is 5.33 Å². The molecule has 0 aliphatic carbocycles. The Morgan fingerprint density at radius 1 is 1.44 bits per heavy atom. The van der Waals surface area contributed by atoms with Gasteiger partial charge in [-0.15, -0.1) is 0 Å². The van der Waals surface area contributed by atoms with Crippen LogP contribution < -0.4 is 0 Å². The van der Waals surface area contributed by atoms with E-state index >= 15 is 0 Å². The fourth-order valence-corrected chi connectivity index (χ4v) is 4.82. The van der Waals surface area contributed by atoms with E-state index in [1.54, 1.807) is 5.20 Å². The van der Waals surface area contributed by atoms with Gasteiger partial charge in [0.25, 0.3) is 0 Å². The van der Waals surface area contributed by atoms with Gasteiger partial charge in [0.2, 0.25) is 0 Å². The third kappa shape index (κ3) is 3.21. The van der Waals surface area contributed by atoms with Gasteiger partial charge in [-0.25, -0.2) is 0 Å². The van der Waals surface area contributed by atoms with E-state index in [1.807, 2.05) is 0 Å². The maximum atomic E-state index is 3.48. The Labute approximate surface area is 67.5 Å². The van der Waals surface area contributed by atoms with E-state index in [-0.39, 0.29) is 0 Å². The lowest BCUT2D eigenvalue weighted by atomic mass is 10.6. The van der Waals surface area contributed by atoms with E-state index in [9.17, 15) is 0 Å². The fraction of sp³-hybridized carbons (Fsp3) is 0.714. The molecular formula is C7H15BrSi. The third-order valence-electron chi connectivity index (χ3n) is 1.46. The van der Waals surface area contributed by atoms with Crippen molar-refractivity contribution in [1.82, 2.24) is 0 Å². The van der Waals surface area contributed by atoms with Crippen LogP contribution in [0.3, 0.4) is 0 Å². The summed E-state index contributed by atoms with van der Waals surface area (Å²) in [6, 6.07) is 0. The van der Waals surface area contributed by atoms with Crippen molar-refractivity contribution < 1.29 is 0 Å². The zero-order chi connectivity index (χ0) is 7.49. The molecule has 0 aromatic rings. The van der Waals surface area contributed by atoms with Crippen molar-refractivity contribution in [2.45, 2.75) is 26.6 Å². The Morgan fingerprint density at radius 3 is 1.89 bits per heavy atom. The summed E-state index contributed by atoms with van der Waals surface area (Å²) in [5.41, 5.74) is 0. The summed E-state index contributed by atoms with van der Waals surface area (Å²) in [5, 5.41) is 2.65. The second-order valence-electron chi connectivity index (χ2n) is 3.20. The van der Waals surface area contributed by atoms with Crippen LogP contribution in [0.25, 0.3) is 0 Å². The van der Waals surface area contributed by atoms with Crippen LogP contribution >= 0.6 is 15.9 Å². The van der Waals surface area contributed by atoms with Crippen molar-refractivity contribution in [2.24, 2.45) is 0 Å². The predicted octanol–water partition coefficient (Wildman–Crippen LogP) is 3.21. The Bertz CT molecular complexity index is 111. The maximum absolute atomic E-state index is 3.48. The largest absolute Gasteiger partial charge is 0.0915 e. The lowest BCUT2D eigenvalue weighted by molar-refractivity contribution is 1.51. The lowest BCUT2D eigenvalue weighted by Gasteiger charge is -2.17. The van der Waals surface area contributed by atoms with Gasteiger partial charge in [0.15, 0.2) is 0 Å². The van der Waals surface area contributed by atoms with Crippen LogP contribution in [0.15, 0.2) is 11.3 Å². The number of halogens is 1. The zero-order valence-corrected chi connectivity index (χ0v) is 9.25. The molecule has 0 bridgehead atoms. The molecular weight excluding hydrogens is 192 g/mol. The van der Waals surface area contributed by atoms with Crippen molar-refractivity contribution in [1.29, 1.82) is 0 Å². The van der Waals surface area contributed by atoms with E-state index in [4.69, 9.17) is 0 Å². The number of hydrogen-bond acceptors (Lipinski definition) is 0. The monoisotopic (exact) mass is 206 g/mol. The Kier molecular flexibility index (Phi) is 3.74. The molecule has 0 N–H and O–H groups in total. The van der Waals surface area contributed by atoms with E-state index in [1.165, 1.54) is 0 Å². The highest BCUT2D eigenvalue weighted by Gasteiger charge is 2.16. The van der Waals surface area contributed by atoms with Crippen LogP contribution in [-0.4, -0.2) is 13.4 Å². The van der Waals surface area contributed by atoms with Crippen LogP contribution in [-0.2, 0) is 0 Å². The van der Waals surface area contributed by atoms with Crippen molar-refractivity contribution in [3.8, 4) is 0 Å². The van der Waals surface area contributed by atoms with E-state index in [0.29, 0.717) is 0 Å². The third-order valence-corrected chi connectivity index (χ3v) is 4.97. The molecule has 54 valence electrons. The molecule has 0 heterocycles. The molecule has 0 nitrogen and oxygen atoms in total. The van der Waals surface area contributed by atoms with E-state index < -0.39 is 8.07 Å². The number of alkyl halides is 1. The predicted molar refractivity (Wildman–Crippen MR) is 50.9 cm³/mol. The molecule has 0 aromatic carbocycles. The van der Waals surface area contributed by atoms with Gasteiger partial charge in [-0.3, -0.25) is 0 Å². The molecule has 0 rings (SSSR count). The molecule has 0 spiro atoms. The Balaban J connectivity index is 4.14. The fourth-order valence-electron chi connectivity index (χ4n) is 0.711. The standard InChI is InChI=1S/C7H15BrSi/c1-5-7(6-8)9(2,3)4/h5H,6H2,1-4H3/b7-5-. The minimum atomic E-state index is -0.972. The van der Waals surface area contributed by atoms with Gasteiger partial charge in [0.05, 0.1) is 8.07 Å². The first-order chi connectivity index (χ1) is 4.02. The molecule has 0 aliphatic rings. The second kappa shape index (κ2) is 3.57. The summed E-state index contributed by atoms with van der Waals surface area (Å²) >= 11 is 3.48. The van der Waals surface area contributed by atoms with Gasteiger partial charge >= 0.3 is 0 Å². The van der Waals surface area contributed by atoms with Gasteiger partial charge in [-0.05, 0) is 6.92 Å². The molecule has 0 aromatic heterocycles. The summed E-state index contributed by atoms with van der Waals surface area (Å²) in [4.78, 5) is 0. The van der Waals surface area contributed by atoms with Gasteiger partial charge in [-0.2, -0.15) is 0 Å². The van der Waals surface area contributed by atoms with Gasteiger partial charge in [0.1, 0.15) is 0 Å². The quantitative estimate of drug-likeness (QED) is 0.481.